The van der Waals surface area contributed by atoms with Crippen LogP contribution in [0.15, 0.2) is 30.6 Å². The number of nitrogens with one attached hydrogen (secondary N) is 1. The van der Waals surface area contributed by atoms with E-state index in [2.05, 4.69) is 10.4 Å². The van der Waals surface area contributed by atoms with Crippen molar-refractivity contribution in [3.63, 3.8) is 0 Å². The molecule has 24 heavy (non-hydrogen) atoms. The van der Waals surface area contributed by atoms with Crippen LogP contribution in [0, 0.1) is 0 Å². The summed E-state index contributed by atoms with van der Waals surface area (Å²) in [4.78, 5) is 14.1. The molecule has 0 aliphatic carbocycles. The highest BCUT2D eigenvalue weighted by atomic mass is 16.5. The maximum Gasteiger partial charge on any atom is 0.238 e. The van der Waals surface area contributed by atoms with Crippen molar-refractivity contribution in [2.24, 2.45) is 7.05 Å². The zero-order chi connectivity index (χ0) is 16.9. The van der Waals surface area contributed by atoms with Crippen molar-refractivity contribution in [2.75, 3.05) is 32.1 Å². The Labute approximate surface area is 141 Å². The van der Waals surface area contributed by atoms with E-state index in [9.17, 15) is 4.79 Å². The summed E-state index contributed by atoms with van der Waals surface area (Å²) in [7, 11) is 3.78. The second kappa shape index (κ2) is 7.35. The number of fused-ring (bicyclic) bond motifs is 1. The van der Waals surface area contributed by atoms with Gasteiger partial charge in [0, 0.05) is 43.5 Å². The number of aromatic nitrogens is 2. The van der Waals surface area contributed by atoms with Crippen molar-refractivity contribution >= 4 is 11.6 Å². The molecule has 0 unspecified atom stereocenters. The first-order valence-corrected chi connectivity index (χ1v) is 7.96. The molecule has 0 spiro atoms. The average Bonchev–Trinajstić information content (AvgIpc) is 2.80. The van der Waals surface area contributed by atoms with E-state index in [1.807, 2.05) is 37.3 Å². The van der Waals surface area contributed by atoms with Gasteiger partial charge in [-0.2, -0.15) is 5.10 Å². The van der Waals surface area contributed by atoms with Crippen molar-refractivity contribution in [1.82, 2.24) is 14.7 Å². The van der Waals surface area contributed by atoms with E-state index in [1.54, 1.807) is 16.9 Å². The Balaban J connectivity index is 1.55. The molecule has 2 aromatic rings. The third-order valence-corrected chi connectivity index (χ3v) is 3.66. The fourth-order valence-corrected chi connectivity index (χ4v) is 2.61. The molecule has 0 atom stereocenters. The number of carbonyl (C=O) groups is 1. The SMILES string of the molecule is CN(CC(=O)Nc1ccc2c(c1)OCCCO2)Cc1cnn(C)c1. The first kappa shape index (κ1) is 16.3. The second-order valence-electron chi connectivity index (χ2n) is 5.95. The smallest absolute Gasteiger partial charge is 0.238 e. The van der Waals surface area contributed by atoms with Gasteiger partial charge in [0.15, 0.2) is 11.5 Å². The first-order chi connectivity index (χ1) is 11.6. The molecule has 0 saturated heterocycles. The van der Waals surface area contributed by atoms with Gasteiger partial charge in [0.05, 0.1) is 26.0 Å². The molecule has 0 radical (unpaired) electrons. The summed E-state index contributed by atoms with van der Waals surface area (Å²) < 4.78 is 13.0. The molecule has 0 fully saturated rings. The fourth-order valence-electron chi connectivity index (χ4n) is 2.61. The predicted molar refractivity (Wildman–Crippen MR) is 90.2 cm³/mol. The zero-order valence-electron chi connectivity index (χ0n) is 14.0. The van der Waals surface area contributed by atoms with E-state index >= 15 is 0 Å². The molecule has 0 saturated carbocycles. The zero-order valence-corrected chi connectivity index (χ0v) is 14.0. The van der Waals surface area contributed by atoms with Gasteiger partial charge in [-0.1, -0.05) is 0 Å². The summed E-state index contributed by atoms with van der Waals surface area (Å²) in [5, 5.41) is 7.03. The van der Waals surface area contributed by atoms with Gasteiger partial charge in [0.2, 0.25) is 5.91 Å². The van der Waals surface area contributed by atoms with Crippen LogP contribution in [-0.4, -0.2) is 47.4 Å². The number of nitrogens with zero attached hydrogens (tertiary/aromatic N) is 3. The van der Waals surface area contributed by atoms with E-state index < -0.39 is 0 Å². The summed E-state index contributed by atoms with van der Waals surface area (Å²) in [6, 6.07) is 5.46. The molecule has 1 amide bonds. The lowest BCUT2D eigenvalue weighted by Crippen LogP contribution is -2.29. The van der Waals surface area contributed by atoms with Gasteiger partial charge in [0.1, 0.15) is 0 Å². The van der Waals surface area contributed by atoms with Gasteiger partial charge < -0.3 is 14.8 Å². The van der Waals surface area contributed by atoms with Crippen LogP contribution in [0.2, 0.25) is 0 Å². The molecule has 1 aromatic heterocycles. The van der Waals surface area contributed by atoms with Crippen molar-refractivity contribution in [3.8, 4) is 11.5 Å². The lowest BCUT2D eigenvalue weighted by molar-refractivity contribution is -0.117. The van der Waals surface area contributed by atoms with Gasteiger partial charge in [-0.15, -0.1) is 0 Å². The van der Waals surface area contributed by atoms with Crippen molar-refractivity contribution in [3.05, 3.63) is 36.2 Å². The number of amides is 1. The summed E-state index contributed by atoms with van der Waals surface area (Å²) in [5.41, 5.74) is 1.78. The molecule has 1 N–H and O–H groups in total. The van der Waals surface area contributed by atoms with Gasteiger partial charge in [-0.25, -0.2) is 0 Å². The van der Waals surface area contributed by atoms with Crippen molar-refractivity contribution in [2.45, 2.75) is 13.0 Å². The van der Waals surface area contributed by atoms with Crippen molar-refractivity contribution < 1.29 is 14.3 Å². The Morgan fingerprint density at radius 2 is 2.12 bits per heavy atom. The average molecular weight is 330 g/mol. The number of anilines is 1. The molecule has 128 valence electrons. The Morgan fingerprint density at radius 3 is 2.88 bits per heavy atom. The summed E-state index contributed by atoms with van der Waals surface area (Å²) >= 11 is 0. The number of hydrogen-bond donors (Lipinski definition) is 1. The van der Waals surface area contributed by atoms with Crippen LogP contribution in [0.5, 0.6) is 11.5 Å². The van der Waals surface area contributed by atoms with Gasteiger partial charge in [-0.3, -0.25) is 14.4 Å². The van der Waals surface area contributed by atoms with E-state index in [1.165, 1.54) is 0 Å². The summed E-state index contributed by atoms with van der Waals surface area (Å²) in [6.07, 6.45) is 4.60. The normalized spacial score (nSPS) is 13.6. The highest BCUT2D eigenvalue weighted by molar-refractivity contribution is 5.92. The second-order valence-corrected chi connectivity index (χ2v) is 5.95. The number of ether oxygens (including phenoxy) is 2. The Bertz CT molecular complexity index is 714. The summed E-state index contributed by atoms with van der Waals surface area (Å²) in [6.45, 7) is 2.24. The highest BCUT2D eigenvalue weighted by Crippen LogP contribution is 2.32. The van der Waals surface area contributed by atoms with Crippen LogP contribution in [0.1, 0.15) is 12.0 Å². The monoisotopic (exact) mass is 330 g/mol. The molecular weight excluding hydrogens is 308 g/mol. The fraction of sp³-hybridized carbons (Fsp3) is 0.412. The van der Waals surface area contributed by atoms with Crippen LogP contribution < -0.4 is 14.8 Å². The number of hydrogen-bond acceptors (Lipinski definition) is 5. The molecule has 1 aliphatic heterocycles. The molecule has 3 rings (SSSR count). The minimum absolute atomic E-state index is 0.0733. The minimum atomic E-state index is -0.0733. The summed E-state index contributed by atoms with van der Waals surface area (Å²) in [5.74, 6) is 1.32. The molecule has 0 bridgehead atoms. The maximum atomic E-state index is 12.2. The molecule has 7 nitrogen and oxygen atoms in total. The van der Waals surface area contributed by atoms with E-state index in [-0.39, 0.29) is 5.91 Å². The molecular formula is C17H22N4O3. The van der Waals surface area contributed by atoms with Crippen LogP contribution in [0.25, 0.3) is 0 Å². The lowest BCUT2D eigenvalue weighted by Gasteiger charge is -2.16. The Hall–Kier alpha value is -2.54. The number of carbonyl (C=O) groups excluding carboxylic acids is 1. The number of likely N-dealkylation sites (N-methyl/N-ethyl adjacent to an activating group) is 1. The molecule has 2 heterocycles. The van der Waals surface area contributed by atoms with E-state index in [0.29, 0.717) is 37.7 Å². The van der Waals surface area contributed by atoms with E-state index in [0.717, 1.165) is 17.7 Å². The molecule has 1 aliphatic rings. The maximum absolute atomic E-state index is 12.2. The minimum Gasteiger partial charge on any atom is -0.490 e. The van der Waals surface area contributed by atoms with E-state index in [4.69, 9.17) is 9.47 Å². The van der Waals surface area contributed by atoms with Gasteiger partial charge >= 0.3 is 0 Å². The topological polar surface area (TPSA) is 68.6 Å². The number of aryl methyl sites for hydroxylation is 1. The third-order valence-electron chi connectivity index (χ3n) is 3.66. The third kappa shape index (κ3) is 4.26. The standard InChI is InChI=1S/C17H22N4O3/c1-20(10-13-9-18-21(2)11-13)12-17(22)19-14-4-5-15-16(8-14)24-7-3-6-23-15/h4-5,8-9,11H,3,6-7,10,12H2,1-2H3,(H,19,22). The lowest BCUT2D eigenvalue weighted by atomic mass is 10.2. The number of rotatable bonds is 5. The number of benzene rings is 1. The largest absolute Gasteiger partial charge is 0.490 e. The first-order valence-electron chi connectivity index (χ1n) is 7.96. The molecule has 7 heteroatoms. The van der Waals surface area contributed by atoms with Crippen LogP contribution in [-0.2, 0) is 18.4 Å². The van der Waals surface area contributed by atoms with Crippen molar-refractivity contribution in [1.29, 1.82) is 0 Å². The Kier molecular flexibility index (Phi) is 5.00. The Morgan fingerprint density at radius 1 is 1.33 bits per heavy atom. The van der Waals surface area contributed by atoms with Crippen LogP contribution in [0.3, 0.4) is 0 Å². The predicted octanol–water partition coefficient (Wildman–Crippen LogP) is 1.65. The highest BCUT2D eigenvalue weighted by Gasteiger charge is 2.13. The van der Waals surface area contributed by atoms with Crippen LogP contribution >= 0.6 is 0 Å². The molecule has 1 aromatic carbocycles. The van der Waals surface area contributed by atoms with Gasteiger partial charge in [0.25, 0.3) is 0 Å². The van der Waals surface area contributed by atoms with Crippen LogP contribution in [0.4, 0.5) is 5.69 Å². The van der Waals surface area contributed by atoms with Gasteiger partial charge in [-0.05, 0) is 19.2 Å². The quantitative estimate of drug-likeness (QED) is 0.903.